The summed E-state index contributed by atoms with van der Waals surface area (Å²) in [5.41, 5.74) is 4.03. The number of methoxy groups -OCH3 is 3. The fraction of sp³-hybridized carbons (Fsp3) is 0.250. The molecule has 3 aromatic rings. The van der Waals surface area contributed by atoms with Gasteiger partial charge in [-0.05, 0) is 48.9 Å². The molecule has 0 amide bonds. The second-order valence-corrected chi connectivity index (χ2v) is 5.74. The van der Waals surface area contributed by atoms with E-state index in [1.54, 1.807) is 21.3 Å². The van der Waals surface area contributed by atoms with Crippen molar-refractivity contribution in [2.75, 3.05) is 26.6 Å². The van der Waals surface area contributed by atoms with Crippen molar-refractivity contribution in [3.63, 3.8) is 0 Å². The van der Waals surface area contributed by atoms with Gasteiger partial charge in [-0.15, -0.1) is 0 Å². The van der Waals surface area contributed by atoms with Gasteiger partial charge in [-0.1, -0.05) is 6.07 Å². The van der Waals surface area contributed by atoms with Crippen molar-refractivity contribution in [1.29, 1.82) is 0 Å². The van der Waals surface area contributed by atoms with E-state index in [1.807, 2.05) is 49.4 Å². The van der Waals surface area contributed by atoms with Gasteiger partial charge in [0.2, 0.25) is 0 Å². The number of benzene rings is 2. The van der Waals surface area contributed by atoms with Gasteiger partial charge in [-0.3, -0.25) is 4.98 Å². The van der Waals surface area contributed by atoms with Crippen molar-refractivity contribution in [3.05, 3.63) is 53.7 Å². The van der Waals surface area contributed by atoms with Crippen LogP contribution < -0.4 is 19.5 Å². The predicted octanol–water partition coefficient (Wildman–Crippen LogP) is 4.18. The minimum absolute atomic E-state index is 0.663. The number of nitrogens with zero attached hydrogens (tertiary/aromatic N) is 1. The Bertz CT molecular complexity index is 893. The van der Waals surface area contributed by atoms with Crippen LogP contribution in [0.15, 0.2) is 42.5 Å². The zero-order chi connectivity index (χ0) is 17.8. The van der Waals surface area contributed by atoms with E-state index in [4.69, 9.17) is 14.2 Å². The van der Waals surface area contributed by atoms with E-state index in [0.29, 0.717) is 6.54 Å². The molecule has 130 valence electrons. The molecule has 5 nitrogen and oxygen atoms in total. The van der Waals surface area contributed by atoms with Crippen molar-refractivity contribution in [2.45, 2.75) is 13.5 Å². The van der Waals surface area contributed by atoms with Crippen LogP contribution in [0, 0.1) is 6.92 Å². The maximum Gasteiger partial charge on any atom is 0.161 e. The summed E-state index contributed by atoms with van der Waals surface area (Å²) in [4.78, 5) is 4.58. The smallest absolute Gasteiger partial charge is 0.161 e. The lowest BCUT2D eigenvalue weighted by Gasteiger charge is -2.13. The minimum Gasteiger partial charge on any atom is -0.497 e. The highest BCUT2D eigenvalue weighted by molar-refractivity contribution is 5.92. The van der Waals surface area contributed by atoms with E-state index in [-0.39, 0.29) is 0 Å². The molecule has 1 N–H and O–H groups in total. The zero-order valence-electron chi connectivity index (χ0n) is 14.9. The fourth-order valence-electron chi connectivity index (χ4n) is 2.80. The van der Waals surface area contributed by atoms with Crippen LogP contribution in [0.1, 0.15) is 11.3 Å². The molecule has 0 fully saturated rings. The molecule has 0 saturated carbocycles. The molecule has 0 aliphatic carbocycles. The molecule has 0 bridgehead atoms. The Hall–Kier alpha value is -2.95. The van der Waals surface area contributed by atoms with Crippen molar-refractivity contribution in [1.82, 2.24) is 4.98 Å². The summed E-state index contributed by atoms with van der Waals surface area (Å²) in [7, 11) is 4.94. The minimum atomic E-state index is 0.663. The molecule has 0 aliphatic heterocycles. The number of hydrogen-bond donors (Lipinski definition) is 1. The van der Waals surface area contributed by atoms with Crippen molar-refractivity contribution in [3.8, 4) is 17.2 Å². The fourth-order valence-corrected chi connectivity index (χ4v) is 2.80. The van der Waals surface area contributed by atoms with Crippen LogP contribution in [-0.4, -0.2) is 26.3 Å². The summed E-state index contributed by atoms with van der Waals surface area (Å²) >= 11 is 0. The molecule has 25 heavy (non-hydrogen) atoms. The van der Waals surface area contributed by atoms with Gasteiger partial charge in [0.1, 0.15) is 5.75 Å². The number of anilines is 1. The lowest BCUT2D eigenvalue weighted by Crippen LogP contribution is -2.02. The van der Waals surface area contributed by atoms with E-state index >= 15 is 0 Å². The van der Waals surface area contributed by atoms with Gasteiger partial charge in [0.05, 0.1) is 26.8 Å². The topological polar surface area (TPSA) is 52.6 Å². The number of aryl methyl sites for hydroxylation is 1. The Labute approximate surface area is 147 Å². The number of pyridine rings is 1. The molecule has 3 rings (SSSR count). The first-order valence-electron chi connectivity index (χ1n) is 8.04. The molecule has 0 atom stereocenters. The molecule has 2 aromatic carbocycles. The van der Waals surface area contributed by atoms with Gasteiger partial charge in [0, 0.05) is 23.3 Å². The molecular formula is C20H22N2O3. The molecule has 0 saturated heterocycles. The third-order valence-corrected chi connectivity index (χ3v) is 4.07. The van der Waals surface area contributed by atoms with E-state index in [0.717, 1.165) is 45.1 Å². The highest BCUT2D eigenvalue weighted by atomic mass is 16.5. The average molecular weight is 338 g/mol. The molecule has 0 spiro atoms. The normalized spacial score (nSPS) is 10.6. The SMILES string of the molecule is COc1ccc2nc(C)cc(NCc3ccc(OC)c(OC)c3)c2c1. The van der Waals surface area contributed by atoms with Gasteiger partial charge in [-0.25, -0.2) is 0 Å². The number of ether oxygens (including phenoxy) is 3. The summed E-state index contributed by atoms with van der Waals surface area (Å²) in [6, 6.07) is 13.8. The number of nitrogens with one attached hydrogen (secondary N) is 1. The van der Waals surface area contributed by atoms with Gasteiger partial charge < -0.3 is 19.5 Å². The van der Waals surface area contributed by atoms with Gasteiger partial charge in [0.15, 0.2) is 11.5 Å². The Morgan fingerprint density at radius 3 is 2.40 bits per heavy atom. The van der Waals surface area contributed by atoms with Crippen LogP contribution in [0.2, 0.25) is 0 Å². The maximum absolute atomic E-state index is 5.37. The number of rotatable bonds is 6. The van der Waals surface area contributed by atoms with Gasteiger partial charge >= 0.3 is 0 Å². The quantitative estimate of drug-likeness (QED) is 0.731. The first kappa shape index (κ1) is 16.9. The Kier molecular flexibility index (Phi) is 4.93. The molecule has 1 aromatic heterocycles. The second kappa shape index (κ2) is 7.30. The molecule has 1 heterocycles. The van der Waals surface area contributed by atoms with Crippen molar-refractivity contribution < 1.29 is 14.2 Å². The second-order valence-electron chi connectivity index (χ2n) is 5.74. The molecule has 0 aliphatic rings. The Morgan fingerprint density at radius 2 is 1.68 bits per heavy atom. The largest absolute Gasteiger partial charge is 0.497 e. The first-order valence-corrected chi connectivity index (χ1v) is 8.04. The van der Waals surface area contributed by atoms with Crippen molar-refractivity contribution >= 4 is 16.6 Å². The molecule has 0 unspecified atom stereocenters. The van der Waals surface area contributed by atoms with Crippen molar-refractivity contribution in [2.24, 2.45) is 0 Å². The first-order chi connectivity index (χ1) is 12.1. The van der Waals surface area contributed by atoms with Gasteiger partial charge in [-0.2, -0.15) is 0 Å². The van der Waals surface area contributed by atoms with E-state index < -0.39 is 0 Å². The van der Waals surface area contributed by atoms with Crippen LogP contribution in [0.3, 0.4) is 0 Å². The predicted molar refractivity (Wildman–Crippen MR) is 99.9 cm³/mol. The molecular weight excluding hydrogens is 316 g/mol. The number of hydrogen-bond acceptors (Lipinski definition) is 5. The highest BCUT2D eigenvalue weighted by Crippen LogP contribution is 2.30. The summed E-state index contributed by atoms with van der Waals surface area (Å²) in [6.07, 6.45) is 0. The van der Waals surface area contributed by atoms with E-state index in [1.165, 1.54) is 0 Å². The summed E-state index contributed by atoms with van der Waals surface area (Å²) in [6.45, 7) is 2.65. The summed E-state index contributed by atoms with van der Waals surface area (Å²) < 4.78 is 16.0. The summed E-state index contributed by atoms with van der Waals surface area (Å²) in [5.74, 6) is 2.26. The lowest BCUT2D eigenvalue weighted by molar-refractivity contribution is 0.354. The van der Waals surface area contributed by atoms with E-state index in [2.05, 4.69) is 10.3 Å². The van der Waals surface area contributed by atoms with Crippen LogP contribution in [0.5, 0.6) is 17.2 Å². The summed E-state index contributed by atoms with van der Waals surface area (Å²) in [5, 5.41) is 4.53. The maximum atomic E-state index is 5.37. The molecule has 0 radical (unpaired) electrons. The van der Waals surface area contributed by atoms with Crippen LogP contribution >= 0.6 is 0 Å². The van der Waals surface area contributed by atoms with Crippen LogP contribution in [0.4, 0.5) is 5.69 Å². The third kappa shape index (κ3) is 3.60. The Morgan fingerprint density at radius 1 is 0.880 bits per heavy atom. The van der Waals surface area contributed by atoms with Crippen LogP contribution in [-0.2, 0) is 6.54 Å². The van der Waals surface area contributed by atoms with Gasteiger partial charge in [0.25, 0.3) is 0 Å². The lowest BCUT2D eigenvalue weighted by atomic mass is 10.1. The Balaban J connectivity index is 1.90. The van der Waals surface area contributed by atoms with E-state index in [9.17, 15) is 0 Å². The third-order valence-electron chi connectivity index (χ3n) is 4.07. The molecule has 5 heteroatoms. The average Bonchev–Trinajstić information content (AvgIpc) is 2.65. The number of fused-ring (bicyclic) bond motifs is 1. The van der Waals surface area contributed by atoms with Crippen LogP contribution in [0.25, 0.3) is 10.9 Å². The zero-order valence-corrected chi connectivity index (χ0v) is 14.9. The standard InChI is InChI=1S/C20H22N2O3/c1-13-9-18(16-11-15(23-2)6-7-17(16)22-13)21-12-14-5-8-19(24-3)20(10-14)25-4/h5-11H,12H2,1-4H3,(H,21,22). The monoisotopic (exact) mass is 338 g/mol. The highest BCUT2D eigenvalue weighted by Gasteiger charge is 2.08. The number of aromatic nitrogens is 1.